The Labute approximate surface area is 123 Å². The van der Waals surface area contributed by atoms with Gasteiger partial charge >= 0.3 is 0 Å². The Morgan fingerprint density at radius 3 is 2.95 bits per heavy atom. The minimum atomic E-state index is 0.719. The summed E-state index contributed by atoms with van der Waals surface area (Å²) in [4.78, 5) is 13.5. The highest BCUT2D eigenvalue weighted by Gasteiger charge is 2.24. The maximum Gasteiger partial charge on any atom is 0.160 e. The molecule has 0 radical (unpaired) electrons. The van der Waals surface area contributed by atoms with Gasteiger partial charge in [-0.15, -0.1) is 0 Å². The van der Waals surface area contributed by atoms with E-state index in [9.17, 15) is 0 Å². The van der Waals surface area contributed by atoms with E-state index in [-0.39, 0.29) is 0 Å². The minimum absolute atomic E-state index is 0.719. The number of aromatic nitrogens is 4. The summed E-state index contributed by atoms with van der Waals surface area (Å²) in [5.74, 6) is 1.72. The standard InChI is InChI=1S/C14H20N6O/c1-6-21-9-11(1)8-19-2-4-20(5-3-19)14-12-7-17-18-13(12)15-10-16-14/h7,10-11H,1-6,8-9H2,(H,15,16,17,18). The Morgan fingerprint density at radius 1 is 1.24 bits per heavy atom. The van der Waals surface area contributed by atoms with E-state index in [4.69, 9.17) is 4.74 Å². The molecular weight excluding hydrogens is 268 g/mol. The second-order valence-corrected chi connectivity index (χ2v) is 5.85. The molecule has 0 bridgehead atoms. The van der Waals surface area contributed by atoms with Crippen LogP contribution in [0.4, 0.5) is 5.82 Å². The van der Waals surface area contributed by atoms with E-state index in [1.54, 1.807) is 6.33 Å². The number of ether oxygens (including phenoxy) is 1. The zero-order chi connectivity index (χ0) is 14.1. The summed E-state index contributed by atoms with van der Waals surface area (Å²) in [6.45, 7) is 7.21. The van der Waals surface area contributed by atoms with Crippen molar-refractivity contribution in [1.29, 1.82) is 0 Å². The predicted molar refractivity (Wildman–Crippen MR) is 79.3 cm³/mol. The van der Waals surface area contributed by atoms with Crippen LogP contribution in [0.5, 0.6) is 0 Å². The molecule has 2 aliphatic rings. The highest BCUT2D eigenvalue weighted by atomic mass is 16.5. The topological polar surface area (TPSA) is 70.2 Å². The largest absolute Gasteiger partial charge is 0.381 e. The van der Waals surface area contributed by atoms with Crippen molar-refractivity contribution >= 4 is 16.9 Å². The van der Waals surface area contributed by atoms with Crippen molar-refractivity contribution in [3.63, 3.8) is 0 Å². The van der Waals surface area contributed by atoms with Crippen LogP contribution in [0.15, 0.2) is 12.5 Å². The van der Waals surface area contributed by atoms with Crippen LogP contribution in [-0.4, -0.2) is 71.0 Å². The van der Waals surface area contributed by atoms with Crippen molar-refractivity contribution in [2.75, 3.05) is 50.8 Å². The Balaban J connectivity index is 1.41. The van der Waals surface area contributed by atoms with Crippen molar-refractivity contribution in [3.05, 3.63) is 12.5 Å². The first kappa shape index (κ1) is 13.0. The van der Waals surface area contributed by atoms with Crippen LogP contribution >= 0.6 is 0 Å². The summed E-state index contributed by atoms with van der Waals surface area (Å²) in [6, 6.07) is 0. The van der Waals surface area contributed by atoms with Crippen LogP contribution in [0, 0.1) is 5.92 Å². The summed E-state index contributed by atoms with van der Waals surface area (Å²) in [5.41, 5.74) is 0.811. The first-order valence-electron chi connectivity index (χ1n) is 7.59. The van der Waals surface area contributed by atoms with E-state index in [1.165, 1.54) is 13.0 Å². The lowest BCUT2D eigenvalue weighted by atomic mass is 10.1. The molecule has 4 rings (SSSR count). The van der Waals surface area contributed by atoms with Gasteiger partial charge in [-0.3, -0.25) is 10.00 Å². The van der Waals surface area contributed by atoms with Gasteiger partial charge in [0.2, 0.25) is 0 Å². The van der Waals surface area contributed by atoms with Crippen molar-refractivity contribution in [3.8, 4) is 0 Å². The number of hydrogen-bond acceptors (Lipinski definition) is 6. The van der Waals surface area contributed by atoms with E-state index >= 15 is 0 Å². The van der Waals surface area contributed by atoms with Crippen molar-refractivity contribution in [2.24, 2.45) is 5.92 Å². The zero-order valence-electron chi connectivity index (χ0n) is 12.0. The summed E-state index contributed by atoms with van der Waals surface area (Å²) in [5, 5.41) is 7.98. The van der Waals surface area contributed by atoms with Crippen molar-refractivity contribution < 1.29 is 4.74 Å². The van der Waals surface area contributed by atoms with Crippen molar-refractivity contribution in [1.82, 2.24) is 25.1 Å². The predicted octanol–water partition coefficient (Wildman–Crippen LogP) is 0.511. The van der Waals surface area contributed by atoms with Crippen LogP contribution in [0.1, 0.15) is 6.42 Å². The minimum Gasteiger partial charge on any atom is -0.381 e. The number of nitrogens with one attached hydrogen (secondary N) is 1. The van der Waals surface area contributed by atoms with Gasteiger partial charge in [0.1, 0.15) is 12.1 Å². The summed E-state index contributed by atoms with van der Waals surface area (Å²) in [6.07, 6.45) is 4.63. The molecule has 0 aliphatic carbocycles. The number of piperazine rings is 1. The van der Waals surface area contributed by atoms with Gasteiger partial charge in [-0.25, -0.2) is 9.97 Å². The van der Waals surface area contributed by atoms with Crippen LogP contribution in [0.2, 0.25) is 0 Å². The average molecular weight is 288 g/mol. The Hall–Kier alpha value is -1.73. The molecule has 2 aromatic heterocycles. The number of anilines is 1. The lowest BCUT2D eigenvalue weighted by Crippen LogP contribution is -2.48. The first-order valence-corrected chi connectivity index (χ1v) is 7.59. The third-order valence-electron chi connectivity index (χ3n) is 4.44. The number of fused-ring (bicyclic) bond motifs is 1. The lowest BCUT2D eigenvalue weighted by Gasteiger charge is -2.36. The average Bonchev–Trinajstić information content (AvgIpc) is 3.18. The molecule has 2 aliphatic heterocycles. The van der Waals surface area contributed by atoms with Crippen LogP contribution in [0.25, 0.3) is 11.0 Å². The summed E-state index contributed by atoms with van der Waals surface area (Å²) < 4.78 is 5.46. The zero-order valence-corrected chi connectivity index (χ0v) is 12.0. The highest BCUT2D eigenvalue weighted by molar-refractivity contribution is 5.86. The Morgan fingerprint density at radius 2 is 2.14 bits per heavy atom. The highest BCUT2D eigenvalue weighted by Crippen LogP contribution is 2.22. The molecule has 1 unspecified atom stereocenters. The summed E-state index contributed by atoms with van der Waals surface area (Å²) >= 11 is 0. The number of H-pyrrole nitrogens is 1. The molecule has 4 heterocycles. The molecule has 0 aromatic carbocycles. The number of hydrogen-bond donors (Lipinski definition) is 1. The second kappa shape index (κ2) is 5.57. The smallest absolute Gasteiger partial charge is 0.160 e. The van der Waals surface area contributed by atoms with Gasteiger partial charge in [-0.2, -0.15) is 5.10 Å². The molecule has 7 heteroatoms. The van der Waals surface area contributed by atoms with Crippen LogP contribution in [-0.2, 0) is 4.74 Å². The van der Waals surface area contributed by atoms with E-state index in [2.05, 4.69) is 30.0 Å². The Bertz CT molecular complexity index is 600. The van der Waals surface area contributed by atoms with Gasteiger partial charge in [0.05, 0.1) is 18.2 Å². The van der Waals surface area contributed by atoms with Crippen LogP contribution < -0.4 is 4.90 Å². The summed E-state index contributed by atoms with van der Waals surface area (Å²) in [7, 11) is 0. The van der Waals surface area contributed by atoms with Crippen molar-refractivity contribution in [2.45, 2.75) is 6.42 Å². The fourth-order valence-electron chi connectivity index (χ4n) is 3.24. The maximum atomic E-state index is 5.46. The van der Waals surface area contributed by atoms with Crippen LogP contribution in [0.3, 0.4) is 0 Å². The fraction of sp³-hybridized carbons (Fsp3) is 0.643. The number of aromatic amines is 1. The first-order chi connectivity index (χ1) is 10.4. The number of nitrogens with zero attached hydrogens (tertiary/aromatic N) is 5. The molecule has 1 atom stereocenters. The van der Waals surface area contributed by atoms with Gasteiger partial charge in [0, 0.05) is 39.3 Å². The molecule has 2 saturated heterocycles. The lowest BCUT2D eigenvalue weighted by molar-refractivity contribution is 0.164. The fourth-order valence-corrected chi connectivity index (χ4v) is 3.24. The number of rotatable bonds is 3. The van der Waals surface area contributed by atoms with Gasteiger partial charge in [0.15, 0.2) is 5.65 Å². The second-order valence-electron chi connectivity index (χ2n) is 5.85. The monoisotopic (exact) mass is 288 g/mol. The molecule has 0 spiro atoms. The van der Waals surface area contributed by atoms with E-state index < -0.39 is 0 Å². The van der Waals surface area contributed by atoms with Gasteiger partial charge < -0.3 is 9.64 Å². The normalized spacial score (nSPS) is 24.0. The van der Waals surface area contributed by atoms with E-state index in [0.717, 1.165) is 62.2 Å². The van der Waals surface area contributed by atoms with Gasteiger partial charge in [-0.05, 0) is 12.3 Å². The molecule has 0 amide bonds. The molecule has 0 saturated carbocycles. The molecule has 112 valence electrons. The Kier molecular flexibility index (Phi) is 3.44. The van der Waals surface area contributed by atoms with Gasteiger partial charge in [0.25, 0.3) is 0 Å². The third-order valence-corrected chi connectivity index (χ3v) is 4.44. The van der Waals surface area contributed by atoms with E-state index in [0.29, 0.717) is 0 Å². The third kappa shape index (κ3) is 2.58. The van der Waals surface area contributed by atoms with E-state index in [1.807, 2.05) is 6.20 Å². The molecular formula is C14H20N6O. The molecule has 2 aromatic rings. The molecule has 21 heavy (non-hydrogen) atoms. The molecule has 2 fully saturated rings. The SMILES string of the molecule is c1nc(N2CCN(CC3CCOC3)CC2)c2cn[nH]c2n1. The maximum absolute atomic E-state index is 5.46. The molecule has 1 N–H and O–H groups in total. The van der Waals surface area contributed by atoms with Gasteiger partial charge in [-0.1, -0.05) is 0 Å². The molecule has 7 nitrogen and oxygen atoms in total. The quantitative estimate of drug-likeness (QED) is 0.887.